The lowest BCUT2D eigenvalue weighted by Gasteiger charge is -2.23. The summed E-state index contributed by atoms with van der Waals surface area (Å²) in [5.74, 6) is -0.472. The molecule has 0 aliphatic rings. The predicted octanol–water partition coefficient (Wildman–Crippen LogP) is 2.54. The van der Waals surface area contributed by atoms with Crippen LogP contribution in [-0.4, -0.2) is 47.1 Å². The first-order chi connectivity index (χ1) is 9.36. The summed E-state index contributed by atoms with van der Waals surface area (Å²) in [6, 6.07) is 2.31. The normalized spacial score (nSPS) is 12.5. The molecule has 0 saturated heterocycles. The first kappa shape index (κ1) is 16.4. The maximum Gasteiger partial charge on any atom is 0.339 e. The number of nitrogens with one attached hydrogen (secondary N) is 1. The second-order valence-electron chi connectivity index (χ2n) is 5.27. The highest BCUT2D eigenvalue weighted by atomic mass is 16.4. The number of hydrogen-bond donors (Lipinski definition) is 2. The van der Waals surface area contributed by atoms with Crippen LogP contribution in [0.3, 0.4) is 0 Å². The van der Waals surface area contributed by atoms with Crippen molar-refractivity contribution in [3.05, 3.63) is 22.9 Å². The van der Waals surface area contributed by atoms with Gasteiger partial charge in [0, 0.05) is 24.8 Å². The van der Waals surface area contributed by atoms with Gasteiger partial charge in [0.25, 0.3) is 0 Å². The molecule has 0 amide bonds. The van der Waals surface area contributed by atoms with Crippen molar-refractivity contribution >= 4 is 11.8 Å². The smallest absolute Gasteiger partial charge is 0.339 e. The summed E-state index contributed by atoms with van der Waals surface area (Å²) in [6.07, 6.45) is 1.10. The van der Waals surface area contributed by atoms with Crippen LogP contribution in [0.15, 0.2) is 6.07 Å². The van der Waals surface area contributed by atoms with E-state index >= 15 is 0 Å². The molecule has 0 radical (unpaired) electrons. The maximum absolute atomic E-state index is 11.3. The van der Waals surface area contributed by atoms with Crippen LogP contribution in [-0.2, 0) is 0 Å². The van der Waals surface area contributed by atoms with Crippen LogP contribution in [0.2, 0.25) is 0 Å². The van der Waals surface area contributed by atoms with Crippen molar-refractivity contribution in [3.8, 4) is 0 Å². The highest BCUT2D eigenvalue weighted by molar-refractivity contribution is 5.94. The van der Waals surface area contributed by atoms with Gasteiger partial charge in [0.1, 0.15) is 11.4 Å². The molecular weight excluding hydrogens is 254 g/mol. The summed E-state index contributed by atoms with van der Waals surface area (Å²) in [4.78, 5) is 17.9. The van der Waals surface area contributed by atoms with Crippen LogP contribution in [0.4, 0.5) is 5.82 Å². The molecule has 0 spiro atoms. The van der Waals surface area contributed by atoms with Crippen LogP contribution in [0.5, 0.6) is 0 Å². The van der Waals surface area contributed by atoms with Crippen molar-refractivity contribution in [1.29, 1.82) is 0 Å². The number of carboxylic acids is 1. The first-order valence-corrected chi connectivity index (χ1v) is 7.02. The molecule has 1 heterocycles. The van der Waals surface area contributed by atoms with Crippen LogP contribution >= 0.6 is 0 Å². The number of anilines is 1. The quantitative estimate of drug-likeness (QED) is 0.803. The van der Waals surface area contributed by atoms with Crippen molar-refractivity contribution in [2.45, 2.75) is 40.2 Å². The van der Waals surface area contributed by atoms with Gasteiger partial charge in [-0.05, 0) is 45.9 Å². The second-order valence-corrected chi connectivity index (χ2v) is 5.27. The standard InChI is InChI=1S/C15H25N3O2/c1-6-12(4)18(5)8-7-16-14-13(15(19)20)10(2)9-11(3)17-14/h9,12H,6-8H2,1-5H3,(H,16,17)(H,19,20). The third kappa shape index (κ3) is 4.20. The fourth-order valence-corrected chi connectivity index (χ4v) is 2.12. The molecule has 112 valence electrons. The molecule has 0 saturated carbocycles. The van der Waals surface area contributed by atoms with Gasteiger partial charge in [-0.15, -0.1) is 0 Å². The van der Waals surface area contributed by atoms with E-state index in [9.17, 15) is 9.90 Å². The Bertz CT molecular complexity index is 474. The number of pyridine rings is 1. The molecule has 0 aromatic carbocycles. The topological polar surface area (TPSA) is 65.5 Å². The summed E-state index contributed by atoms with van der Waals surface area (Å²) >= 11 is 0. The molecule has 0 aliphatic heterocycles. The third-order valence-corrected chi connectivity index (χ3v) is 3.66. The number of nitrogens with zero attached hydrogens (tertiary/aromatic N) is 2. The molecule has 1 aromatic rings. The van der Waals surface area contributed by atoms with E-state index in [1.807, 2.05) is 6.92 Å². The molecule has 5 nitrogen and oxygen atoms in total. The largest absolute Gasteiger partial charge is 0.478 e. The Balaban J connectivity index is 2.75. The van der Waals surface area contributed by atoms with Gasteiger partial charge in [-0.25, -0.2) is 9.78 Å². The van der Waals surface area contributed by atoms with Gasteiger partial charge in [0.15, 0.2) is 0 Å². The van der Waals surface area contributed by atoms with E-state index in [4.69, 9.17) is 0 Å². The van der Waals surface area contributed by atoms with E-state index in [-0.39, 0.29) is 5.56 Å². The summed E-state index contributed by atoms with van der Waals surface area (Å²) in [5.41, 5.74) is 1.83. The van der Waals surface area contributed by atoms with Gasteiger partial charge >= 0.3 is 5.97 Å². The lowest BCUT2D eigenvalue weighted by Crippen LogP contribution is -2.33. The van der Waals surface area contributed by atoms with Gasteiger partial charge in [-0.3, -0.25) is 0 Å². The molecule has 20 heavy (non-hydrogen) atoms. The number of carbonyl (C=O) groups is 1. The number of aromatic carboxylic acids is 1. The Morgan fingerprint density at radius 3 is 2.70 bits per heavy atom. The highest BCUT2D eigenvalue weighted by Crippen LogP contribution is 2.18. The summed E-state index contributed by atoms with van der Waals surface area (Å²) in [7, 11) is 2.07. The molecular formula is C15H25N3O2. The van der Waals surface area contributed by atoms with Gasteiger partial charge in [-0.2, -0.15) is 0 Å². The Kier molecular flexibility index (Phi) is 5.95. The number of aryl methyl sites for hydroxylation is 2. The van der Waals surface area contributed by atoms with Crippen molar-refractivity contribution in [2.24, 2.45) is 0 Å². The number of hydrogen-bond acceptors (Lipinski definition) is 4. The summed E-state index contributed by atoms with van der Waals surface area (Å²) in [5, 5.41) is 12.4. The summed E-state index contributed by atoms with van der Waals surface area (Å²) in [6.45, 7) is 9.53. The lowest BCUT2D eigenvalue weighted by atomic mass is 10.1. The molecule has 2 N–H and O–H groups in total. The number of rotatable bonds is 7. The average Bonchev–Trinajstić information content (AvgIpc) is 2.36. The summed E-state index contributed by atoms with van der Waals surface area (Å²) < 4.78 is 0. The predicted molar refractivity (Wildman–Crippen MR) is 81.5 cm³/mol. The fraction of sp³-hybridized carbons (Fsp3) is 0.600. The van der Waals surface area contributed by atoms with E-state index < -0.39 is 5.97 Å². The zero-order valence-corrected chi connectivity index (χ0v) is 13.0. The van der Waals surface area contributed by atoms with Crippen LogP contribution < -0.4 is 5.32 Å². The molecule has 0 aliphatic carbocycles. The number of aromatic nitrogens is 1. The zero-order valence-electron chi connectivity index (χ0n) is 13.0. The van der Waals surface area contributed by atoms with Crippen molar-refractivity contribution < 1.29 is 9.90 Å². The molecule has 1 atom stereocenters. The van der Waals surface area contributed by atoms with Crippen LogP contribution in [0.1, 0.15) is 41.9 Å². The minimum absolute atomic E-state index is 0.266. The van der Waals surface area contributed by atoms with Crippen molar-refractivity contribution in [1.82, 2.24) is 9.88 Å². The minimum Gasteiger partial charge on any atom is -0.478 e. The molecule has 0 bridgehead atoms. The third-order valence-electron chi connectivity index (χ3n) is 3.66. The Morgan fingerprint density at radius 2 is 2.15 bits per heavy atom. The monoisotopic (exact) mass is 279 g/mol. The van der Waals surface area contributed by atoms with Gasteiger partial charge in [0.05, 0.1) is 0 Å². The fourth-order valence-electron chi connectivity index (χ4n) is 2.12. The van der Waals surface area contributed by atoms with Gasteiger partial charge < -0.3 is 15.3 Å². The molecule has 1 unspecified atom stereocenters. The maximum atomic E-state index is 11.3. The zero-order chi connectivity index (χ0) is 15.3. The van der Waals surface area contributed by atoms with E-state index in [1.54, 1.807) is 13.0 Å². The minimum atomic E-state index is -0.937. The average molecular weight is 279 g/mol. The number of likely N-dealkylation sites (N-methyl/N-ethyl adjacent to an activating group) is 1. The second kappa shape index (κ2) is 7.24. The Hall–Kier alpha value is -1.62. The highest BCUT2D eigenvalue weighted by Gasteiger charge is 2.15. The number of carboxylic acid groups (broad SMARTS) is 1. The van der Waals surface area contributed by atoms with E-state index in [0.29, 0.717) is 18.4 Å². The lowest BCUT2D eigenvalue weighted by molar-refractivity contribution is 0.0697. The van der Waals surface area contributed by atoms with Crippen molar-refractivity contribution in [2.75, 3.05) is 25.5 Å². The Labute approximate surface area is 121 Å². The van der Waals surface area contributed by atoms with Crippen LogP contribution in [0.25, 0.3) is 0 Å². The molecule has 1 rings (SSSR count). The van der Waals surface area contributed by atoms with E-state index in [0.717, 1.165) is 24.2 Å². The molecule has 1 aromatic heterocycles. The molecule has 5 heteroatoms. The van der Waals surface area contributed by atoms with E-state index in [1.165, 1.54) is 0 Å². The Morgan fingerprint density at radius 1 is 1.50 bits per heavy atom. The molecule has 0 fully saturated rings. The van der Waals surface area contributed by atoms with Crippen molar-refractivity contribution in [3.63, 3.8) is 0 Å². The SMILES string of the molecule is CCC(C)N(C)CCNc1nc(C)cc(C)c1C(=O)O. The van der Waals surface area contributed by atoms with Gasteiger partial charge in [0.2, 0.25) is 0 Å². The van der Waals surface area contributed by atoms with Crippen LogP contribution in [0, 0.1) is 13.8 Å². The van der Waals surface area contributed by atoms with Gasteiger partial charge in [-0.1, -0.05) is 6.92 Å². The first-order valence-electron chi connectivity index (χ1n) is 7.02. The van der Waals surface area contributed by atoms with E-state index in [2.05, 4.69) is 36.1 Å².